The summed E-state index contributed by atoms with van der Waals surface area (Å²) in [6.45, 7) is 5.36. The Bertz CT molecular complexity index is 548. The number of likely N-dealkylation sites (N-methyl/N-ethyl adjacent to an activating group) is 1. The highest BCUT2D eigenvalue weighted by Gasteiger charge is 2.62. The van der Waals surface area contributed by atoms with E-state index in [1.54, 1.807) is 6.92 Å². The standard InChI is InChI=1S/C12H16N4O5/c1-5-13-9-10(15(7(3)18)11(13)20)16(8(4)19)12(21)14(9)6(2)17/h9-10H,5H2,1-4H3/t9-,10-/m1/s1. The van der Waals surface area contributed by atoms with Crippen LogP contribution in [0.3, 0.4) is 0 Å². The van der Waals surface area contributed by atoms with Gasteiger partial charge in [-0.15, -0.1) is 0 Å². The number of carbonyl (C=O) groups excluding carboxylic acids is 5. The van der Waals surface area contributed by atoms with Gasteiger partial charge in [-0.05, 0) is 6.92 Å². The first-order valence-corrected chi connectivity index (χ1v) is 6.48. The Labute approximate surface area is 121 Å². The summed E-state index contributed by atoms with van der Waals surface area (Å²) in [6.07, 6.45) is -2.08. The second-order valence-corrected chi connectivity index (χ2v) is 4.85. The van der Waals surface area contributed by atoms with Crippen molar-refractivity contribution in [3.8, 4) is 0 Å². The van der Waals surface area contributed by atoms with Gasteiger partial charge < -0.3 is 0 Å². The summed E-state index contributed by atoms with van der Waals surface area (Å²) in [5.41, 5.74) is 0. The largest absolute Gasteiger partial charge is 0.337 e. The molecule has 0 saturated carbocycles. The van der Waals surface area contributed by atoms with Crippen molar-refractivity contribution in [1.29, 1.82) is 0 Å². The summed E-state index contributed by atoms with van der Waals surface area (Å²) < 4.78 is 0. The van der Waals surface area contributed by atoms with Crippen molar-refractivity contribution < 1.29 is 24.0 Å². The third kappa shape index (κ3) is 1.88. The van der Waals surface area contributed by atoms with Gasteiger partial charge in [-0.3, -0.25) is 19.3 Å². The fourth-order valence-corrected chi connectivity index (χ4v) is 2.81. The lowest BCUT2D eigenvalue weighted by molar-refractivity contribution is -0.135. The van der Waals surface area contributed by atoms with Crippen LogP contribution >= 0.6 is 0 Å². The third-order valence-corrected chi connectivity index (χ3v) is 3.60. The van der Waals surface area contributed by atoms with Crippen molar-refractivity contribution in [3.05, 3.63) is 0 Å². The number of imide groups is 3. The van der Waals surface area contributed by atoms with Crippen LogP contribution in [0, 0.1) is 0 Å². The molecule has 0 aromatic heterocycles. The van der Waals surface area contributed by atoms with Crippen LogP contribution in [0.1, 0.15) is 27.7 Å². The number of carbonyl (C=O) groups is 5. The quantitative estimate of drug-likeness (QED) is 0.666. The molecule has 2 fully saturated rings. The molecule has 7 amide bonds. The van der Waals surface area contributed by atoms with E-state index in [2.05, 4.69) is 0 Å². The highest BCUT2D eigenvalue weighted by Crippen LogP contribution is 2.35. The van der Waals surface area contributed by atoms with Crippen LogP contribution < -0.4 is 0 Å². The van der Waals surface area contributed by atoms with Gasteiger partial charge in [0.1, 0.15) is 0 Å². The number of hydrogen-bond donors (Lipinski definition) is 0. The number of amides is 7. The lowest BCUT2D eigenvalue weighted by atomic mass is 10.3. The van der Waals surface area contributed by atoms with Crippen molar-refractivity contribution in [1.82, 2.24) is 19.6 Å². The average Bonchev–Trinajstić information content (AvgIpc) is 2.77. The minimum absolute atomic E-state index is 0.201. The summed E-state index contributed by atoms with van der Waals surface area (Å²) in [5.74, 6) is -1.80. The fraction of sp³-hybridized carbons (Fsp3) is 0.583. The highest BCUT2D eigenvalue weighted by molar-refractivity contribution is 6.07. The van der Waals surface area contributed by atoms with Crippen molar-refractivity contribution in [3.63, 3.8) is 0 Å². The predicted octanol–water partition coefficient (Wildman–Crippen LogP) is -0.227. The van der Waals surface area contributed by atoms with Crippen LogP contribution in [0.2, 0.25) is 0 Å². The van der Waals surface area contributed by atoms with E-state index in [0.717, 1.165) is 21.6 Å². The Balaban J connectivity index is 2.60. The topological polar surface area (TPSA) is 98.3 Å². The zero-order chi connectivity index (χ0) is 16.1. The SMILES string of the molecule is CCN1C(=O)N(C(C)=O)[C@H]2[C@H]1N(C(C)=O)C(=O)N2C(C)=O. The second kappa shape index (κ2) is 4.83. The minimum Gasteiger partial charge on any atom is -0.299 e. The number of nitrogens with zero attached hydrogens (tertiary/aromatic N) is 4. The van der Waals surface area contributed by atoms with Crippen LogP contribution in [0.15, 0.2) is 0 Å². The van der Waals surface area contributed by atoms with Crippen LogP contribution in [0.4, 0.5) is 9.59 Å². The molecule has 9 nitrogen and oxygen atoms in total. The van der Waals surface area contributed by atoms with Crippen molar-refractivity contribution in [2.75, 3.05) is 6.54 Å². The van der Waals surface area contributed by atoms with Gasteiger partial charge in [-0.1, -0.05) is 0 Å². The third-order valence-electron chi connectivity index (χ3n) is 3.60. The number of rotatable bonds is 1. The first kappa shape index (κ1) is 14.9. The Morgan fingerprint density at radius 3 is 1.57 bits per heavy atom. The maximum absolute atomic E-state index is 12.3. The number of urea groups is 2. The molecule has 0 N–H and O–H groups in total. The Kier molecular flexibility index (Phi) is 3.44. The molecule has 2 saturated heterocycles. The van der Waals surface area contributed by atoms with E-state index < -0.39 is 42.1 Å². The van der Waals surface area contributed by atoms with E-state index >= 15 is 0 Å². The maximum Gasteiger partial charge on any atom is 0.337 e. The molecule has 0 bridgehead atoms. The summed E-state index contributed by atoms with van der Waals surface area (Å²) in [5, 5.41) is 0. The molecular formula is C12H16N4O5. The Morgan fingerprint density at radius 2 is 1.19 bits per heavy atom. The fourth-order valence-electron chi connectivity index (χ4n) is 2.81. The molecule has 21 heavy (non-hydrogen) atoms. The molecule has 0 unspecified atom stereocenters. The van der Waals surface area contributed by atoms with Gasteiger partial charge in [0.25, 0.3) is 0 Å². The van der Waals surface area contributed by atoms with Crippen LogP contribution in [-0.2, 0) is 14.4 Å². The van der Waals surface area contributed by atoms with E-state index in [-0.39, 0.29) is 6.54 Å². The molecular weight excluding hydrogens is 280 g/mol. The first-order chi connectivity index (χ1) is 9.73. The van der Waals surface area contributed by atoms with Crippen molar-refractivity contribution in [2.24, 2.45) is 0 Å². The van der Waals surface area contributed by atoms with Crippen LogP contribution in [0.5, 0.6) is 0 Å². The summed E-state index contributed by atoms with van der Waals surface area (Å²) in [6, 6.07) is -1.44. The van der Waals surface area contributed by atoms with Gasteiger partial charge in [0.2, 0.25) is 17.7 Å². The number of hydrogen-bond acceptors (Lipinski definition) is 5. The lowest BCUT2D eigenvalue weighted by Crippen LogP contribution is -2.50. The van der Waals surface area contributed by atoms with Gasteiger partial charge in [-0.25, -0.2) is 24.3 Å². The summed E-state index contributed by atoms with van der Waals surface area (Å²) >= 11 is 0. The molecule has 0 aliphatic carbocycles. The molecule has 0 radical (unpaired) electrons. The van der Waals surface area contributed by atoms with Crippen LogP contribution in [0.25, 0.3) is 0 Å². The average molecular weight is 296 g/mol. The molecule has 0 spiro atoms. The highest BCUT2D eigenvalue weighted by atomic mass is 16.2. The molecule has 2 rings (SSSR count). The summed E-state index contributed by atoms with van der Waals surface area (Å²) in [7, 11) is 0. The van der Waals surface area contributed by atoms with Gasteiger partial charge in [0, 0.05) is 27.3 Å². The second-order valence-electron chi connectivity index (χ2n) is 4.85. The van der Waals surface area contributed by atoms with E-state index in [4.69, 9.17) is 0 Å². The van der Waals surface area contributed by atoms with Gasteiger partial charge in [0.15, 0.2) is 12.3 Å². The van der Waals surface area contributed by atoms with Gasteiger partial charge in [-0.2, -0.15) is 0 Å². The van der Waals surface area contributed by atoms with E-state index in [1.165, 1.54) is 18.7 Å². The van der Waals surface area contributed by atoms with E-state index in [1.807, 2.05) is 0 Å². The number of fused-ring (bicyclic) bond motifs is 1. The molecule has 9 heteroatoms. The molecule has 2 atom stereocenters. The predicted molar refractivity (Wildman–Crippen MR) is 68.3 cm³/mol. The molecule has 2 aliphatic heterocycles. The normalized spacial score (nSPS) is 24.8. The van der Waals surface area contributed by atoms with E-state index in [9.17, 15) is 24.0 Å². The molecule has 2 heterocycles. The molecule has 2 aliphatic rings. The monoisotopic (exact) mass is 296 g/mol. The zero-order valence-electron chi connectivity index (χ0n) is 12.2. The first-order valence-electron chi connectivity index (χ1n) is 6.48. The van der Waals surface area contributed by atoms with E-state index in [0.29, 0.717) is 0 Å². The molecule has 114 valence electrons. The molecule has 0 aromatic rings. The van der Waals surface area contributed by atoms with Crippen molar-refractivity contribution >= 4 is 29.8 Å². The minimum atomic E-state index is -1.11. The summed E-state index contributed by atoms with van der Waals surface area (Å²) in [4.78, 5) is 63.5. The Morgan fingerprint density at radius 1 is 0.810 bits per heavy atom. The van der Waals surface area contributed by atoms with Gasteiger partial charge >= 0.3 is 12.1 Å². The van der Waals surface area contributed by atoms with Crippen LogP contribution in [-0.4, -0.2) is 68.3 Å². The maximum atomic E-state index is 12.3. The van der Waals surface area contributed by atoms with Gasteiger partial charge in [0.05, 0.1) is 0 Å². The lowest BCUT2D eigenvalue weighted by Gasteiger charge is -2.25. The molecule has 0 aromatic carbocycles. The smallest absolute Gasteiger partial charge is 0.299 e. The zero-order valence-corrected chi connectivity index (χ0v) is 12.2. The van der Waals surface area contributed by atoms with Crippen molar-refractivity contribution in [2.45, 2.75) is 40.0 Å². The Hall–Kier alpha value is -2.45.